The topological polar surface area (TPSA) is 93.2 Å². The minimum Gasteiger partial charge on any atom is -0.475 e. The van der Waals surface area contributed by atoms with Crippen molar-refractivity contribution in [3.05, 3.63) is 89.5 Å². The van der Waals surface area contributed by atoms with E-state index in [-0.39, 0.29) is 18.0 Å². The van der Waals surface area contributed by atoms with Gasteiger partial charge in [0.15, 0.2) is 0 Å². The Bertz CT molecular complexity index is 1370. The minimum absolute atomic E-state index is 0.00997. The lowest BCUT2D eigenvalue weighted by Gasteiger charge is -2.34. The molecule has 1 atom stereocenters. The van der Waals surface area contributed by atoms with Crippen LogP contribution in [0.1, 0.15) is 16.7 Å². The zero-order chi connectivity index (χ0) is 25.9. The fraction of sp³-hybridized carbons (Fsp3) is 0.259. The fourth-order valence-electron chi connectivity index (χ4n) is 4.06. The van der Waals surface area contributed by atoms with Gasteiger partial charge in [0.05, 0.1) is 30.8 Å². The normalized spacial score (nSPS) is 15.2. The van der Waals surface area contributed by atoms with Crippen LogP contribution in [0.4, 0.5) is 5.69 Å². The van der Waals surface area contributed by atoms with Gasteiger partial charge in [-0.05, 0) is 43.7 Å². The van der Waals surface area contributed by atoms with Crippen molar-refractivity contribution >= 4 is 27.6 Å². The van der Waals surface area contributed by atoms with Crippen LogP contribution < -0.4 is 9.64 Å². The van der Waals surface area contributed by atoms with Gasteiger partial charge >= 0.3 is 5.97 Å². The summed E-state index contributed by atoms with van der Waals surface area (Å²) in [6, 6.07) is 20.8. The van der Waals surface area contributed by atoms with Crippen LogP contribution >= 0.6 is 0 Å². The molecule has 0 unspecified atom stereocenters. The molecule has 0 saturated carbocycles. The summed E-state index contributed by atoms with van der Waals surface area (Å²) in [6.07, 6.45) is -1.02. The Morgan fingerprint density at radius 1 is 1.00 bits per heavy atom. The minimum atomic E-state index is -4.01. The van der Waals surface area contributed by atoms with E-state index in [1.54, 1.807) is 36.4 Å². The van der Waals surface area contributed by atoms with Crippen molar-refractivity contribution in [3.8, 4) is 5.75 Å². The zero-order valence-electron chi connectivity index (χ0n) is 20.4. The number of sulfonamides is 1. The van der Waals surface area contributed by atoms with Crippen molar-refractivity contribution in [2.24, 2.45) is 0 Å². The first-order valence-corrected chi connectivity index (χ1v) is 12.9. The number of hydrogen-bond acceptors (Lipinski definition) is 6. The molecule has 1 aliphatic heterocycles. The maximum absolute atomic E-state index is 13.7. The van der Waals surface area contributed by atoms with Gasteiger partial charge in [-0.25, -0.2) is 13.2 Å². The number of anilines is 1. The number of aryl methyl sites for hydroxylation is 2. The number of ether oxygens (including phenoxy) is 2. The Kier molecular flexibility index (Phi) is 7.42. The van der Waals surface area contributed by atoms with Crippen LogP contribution in [0, 0.1) is 13.8 Å². The summed E-state index contributed by atoms with van der Waals surface area (Å²) in [5.41, 5.74) is 3.13. The molecule has 0 radical (unpaired) electrons. The van der Waals surface area contributed by atoms with Crippen LogP contribution in [-0.2, 0) is 30.9 Å². The smallest absolute Gasteiger partial charge is 0.348 e. The molecular formula is C27H28N2O6S. The Morgan fingerprint density at radius 3 is 2.42 bits per heavy atom. The van der Waals surface area contributed by atoms with Gasteiger partial charge in [-0.1, -0.05) is 59.7 Å². The molecule has 0 aliphatic carbocycles. The molecule has 0 saturated heterocycles. The van der Waals surface area contributed by atoms with E-state index < -0.39 is 34.5 Å². The van der Waals surface area contributed by atoms with Crippen molar-refractivity contribution in [3.63, 3.8) is 0 Å². The summed E-state index contributed by atoms with van der Waals surface area (Å²) in [4.78, 5) is 27.3. The number of fused-ring (bicyclic) bond motifs is 1. The van der Waals surface area contributed by atoms with E-state index in [0.29, 0.717) is 11.4 Å². The van der Waals surface area contributed by atoms with E-state index in [4.69, 9.17) is 9.47 Å². The third-order valence-electron chi connectivity index (χ3n) is 5.95. The Hall–Kier alpha value is -3.69. The summed E-state index contributed by atoms with van der Waals surface area (Å²) in [5, 5.41) is 0. The molecule has 1 aliphatic rings. The number of amides is 1. The third-order valence-corrected chi connectivity index (χ3v) is 7.76. The average molecular weight is 509 g/mol. The van der Waals surface area contributed by atoms with Crippen LogP contribution in [0.15, 0.2) is 77.7 Å². The number of hydrogen-bond donors (Lipinski definition) is 0. The first-order chi connectivity index (χ1) is 17.2. The molecule has 4 rings (SSSR count). The summed E-state index contributed by atoms with van der Waals surface area (Å²) in [5.74, 6) is -0.756. The standard InChI is InChI=1S/C27H28N2O6S/c1-19-11-13-22(14-12-19)36(32,33)28(16-21-8-6-7-20(2)15-21)18-26(30)29-17-25(27(31)34-3)35-24-10-5-4-9-23(24)29/h4-15,25H,16-18H2,1-3H3/t25-/m0/s1. The monoisotopic (exact) mass is 508 g/mol. The maximum Gasteiger partial charge on any atom is 0.348 e. The molecule has 36 heavy (non-hydrogen) atoms. The number of carbonyl (C=O) groups excluding carboxylic acids is 2. The number of esters is 1. The van der Waals surface area contributed by atoms with Crippen LogP contribution in [0.2, 0.25) is 0 Å². The Labute approximate surface area is 211 Å². The second-order valence-electron chi connectivity index (χ2n) is 8.68. The van der Waals surface area contributed by atoms with E-state index in [1.807, 2.05) is 38.1 Å². The second kappa shape index (κ2) is 10.5. The largest absolute Gasteiger partial charge is 0.475 e. The quantitative estimate of drug-likeness (QED) is 0.454. The molecule has 8 nitrogen and oxygen atoms in total. The van der Waals surface area contributed by atoms with Crippen LogP contribution in [0.3, 0.4) is 0 Å². The van der Waals surface area contributed by atoms with Gasteiger partial charge in [0.1, 0.15) is 5.75 Å². The van der Waals surface area contributed by atoms with Crippen molar-refractivity contribution in [1.82, 2.24) is 4.31 Å². The lowest BCUT2D eigenvalue weighted by Crippen LogP contribution is -2.50. The second-order valence-corrected chi connectivity index (χ2v) is 10.6. The third kappa shape index (κ3) is 5.42. The molecule has 9 heteroatoms. The number of carbonyl (C=O) groups is 2. The maximum atomic E-state index is 13.7. The van der Waals surface area contributed by atoms with Crippen molar-refractivity contribution in [2.75, 3.05) is 25.1 Å². The van der Waals surface area contributed by atoms with Crippen molar-refractivity contribution < 1.29 is 27.5 Å². The first-order valence-electron chi connectivity index (χ1n) is 11.5. The van der Waals surface area contributed by atoms with E-state index in [0.717, 1.165) is 16.7 Å². The number of para-hydroxylation sites is 2. The van der Waals surface area contributed by atoms with Crippen molar-refractivity contribution in [2.45, 2.75) is 31.4 Å². The summed E-state index contributed by atoms with van der Waals surface area (Å²) >= 11 is 0. The molecule has 0 fully saturated rings. The van der Waals surface area contributed by atoms with Gasteiger partial charge < -0.3 is 14.4 Å². The molecule has 0 bridgehead atoms. The lowest BCUT2D eigenvalue weighted by atomic mass is 10.1. The van der Waals surface area contributed by atoms with Gasteiger partial charge in [-0.15, -0.1) is 0 Å². The molecule has 188 valence electrons. The summed E-state index contributed by atoms with van der Waals surface area (Å²) in [6.45, 7) is 3.29. The van der Waals surface area contributed by atoms with Crippen molar-refractivity contribution in [1.29, 1.82) is 0 Å². The Morgan fingerprint density at radius 2 is 1.72 bits per heavy atom. The number of rotatable bonds is 7. The zero-order valence-corrected chi connectivity index (χ0v) is 21.2. The summed E-state index contributed by atoms with van der Waals surface area (Å²) in [7, 11) is -2.77. The van der Waals surface area contributed by atoms with Crippen LogP contribution in [-0.4, -0.2) is 50.9 Å². The van der Waals surface area contributed by atoms with Gasteiger partial charge in [0.25, 0.3) is 0 Å². The molecule has 3 aromatic rings. The highest BCUT2D eigenvalue weighted by Gasteiger charge is 2.36. The fourth-order valence-corrected chi connectivity index (χ4v) is 5.44. The number of nitrogens with zero attached hydrogens (tertiary/aromatic N) is 2. The average Bonchev–Trinajstić information content (AvgIpc) is 2.87. The molecular weight excluding hydrogens is 480 g/mol. The van der Waals surface area contributed by atoms with Gasteiger partial charge in [0, 0.05) is 6.54 Å². The number of benzene rings is 3. The lowest BCUT2D eigenvalue weighted by molar-refractivity contribution is -0.148. The number of methoxy groups -OCH3 is 1. The highest BCUT2D eigenvalue weighted by Crippen LogP contribution is 2.34. The van der Waals surface area contributed by atoms with E-state index >= 15 is 0 Å². The van der Waals surface area contributed by atoms with Crippen LogP contribution in [0.5, 0.6) is 5.75 Å². The van der Waals surface area contributed by atoms with Crippen LogP contribution in [0.25, 0.3) is 0 Å². The van der Waals surface area contributed by atoms with Gasteiger partial charge in [-0.2, -0.15) is 4.31 Å². The predicted molar refractivity (Wildman–Crippen MR) is 135 cm³/mol. The van der Waals surface area contributed by atoms with E-state index in [9.17, 15) is 18.0 Å². The SMILES string of the molecule is COC(=O)[C@@H]1CN(C(=O)CN(Cc2cccc(C)c2)S(=O)(=O)c2ccc(C)cc2)c2ccccc2O1. The highest BCUT2D eigenvalue weighted by molar-refractivity contribution is 7.89. The molecule has 1 amide bonds. The highest BCUT2D eigenvalue weighted by atomic mass is 32.2. The molecule has 0 N–H and O–H groups in total. The van der Waals surface area contributed by atoms with E-state index in [1.165, 1.54) is 28.4 Å². The first kappa shape index (κ1) is 25.4. The van der Waals surface area contributed by atoms with Gasteiger partial charge in [-0.3, -0.25) is 4.79 Å². The molecule has 0 spiro atoms. The van der Waals surface area contributed by atoms with E-state index in [2.05, 4.69) is 0 Å². The molecule has 0 aromatic heterocycles. The molecule has 1 heterocycles. The summed E-state index contributed by atoms with van der Waals surface area (Å²) < 4.78 is 39.1. The molecule has 3 aromatic carbocycles. The van der Waals surface area contributed by atoms with Gasteiger partial charge in [0.2, 0.25) is 22.0 Å². The Balaban J connectivity index is 1.69. The predicted octanol–water partition coefficient (Wildman–Crippen LogP) is 3.46.